The van der Waals surface area contributed by atoms with Gasteiger partial charge in [-0.1, -0.05) is 12.1 Å². The number of nitrogens with zero attached hydrogens (tertiary/aromatic N) is 3. The minimum Gasteiger partial charge on any atom is -0.496 e. The first-order chi connectivity index (χ1) is 16.6. The lowest BCUT2D eigenvalue weighted by molar-refractivity contribution is -0.106. The molecule has 4 N–H and O–H groups in total. The second kappa shape index (κ2) is 9.22. The number of aliphatic hydroxyl groups is 1. The highest BCUT2D eigenvalue weighted by Gasteiger charge is 2.40. The van der Waals surface area contributed by atoms with Crippen LogP contribution in [0.3, 0.4) is 0 Å². The maximum atomic E-state index is 15.5. The zero-order chi connectivity index (χ0) is 25.3. The Morgan fingerprint density at radius 1 is 1.20 bits per heavy atom. The number of anilines is 1. The average molecular weight is 489 g/mol. The third-order valence-electron chi connectivity index (χ3n) is 5.29. The van der Waals surface area contributed by atoms with E-state index in [1.54, 1.807) is 0 Å². The van der Waals surface area contributed by atoms with Crippen LogP contribution in [0.2, 0.25) is 0 Å². The van der Waals surface area contributed by atoms with Crippen LogP contribution in [0.25, 0.3) is 16.8 Å². The van der Waals surface area contributed by atoms with Crippen LogP contribution >= 0.6 is 0 Å². The molecular formula is C23H19F4N5O3. The number of nitrogen functional groups attached to an aromatic ring is 1. The van der Waals surface area contributed by atoms with Crippen LogP contribution in [0.4, 0.5) is 23.5 Å². The number of halogens is 4. The highest BCUT2D eigenvalue weighted by Crippen LogP contribution is 2.33. The second-order valence-corrected chi connectivity index (χ2v) is 7.59. The number of carbonyl (C=O) groups is 1. The van der Waals surface area contributed by atoms with E-state index in [1.807, 2.05) is 5.32 Å². The van der Waals surface area contributed by atoms with E-state index in [9.17, 15) is 23.1 Å². The highest BCUT2D eigenvalue weighted by molar-refractivity contribution is 5.98. The molecule has 2 heterocycles. The molecule has 0 saturated carbocycles. The Kier molecular flexibility index (Phi) is 6.31. The van der Waals surface area contributed by atoms with E-state index >= 15 is 4.39 Å². The molecule has 0 aliphatic carbocycles. The number of benzene rings is 2. The van der Waals surface area contributed by atoms with E-state index in [0.717, 1.165) is 24.3 Å². The summed E-state index contributed by atoms with van der Waals surface area (Å²) >= 11 is 0. The van der Waals surface area contributed by atoms with Crippen LogP contribution in [0.1, 0.15) is 22.0 Å². The summed E-state index contributed by atoms with van der Waals surface area (Å²) in [5, 5.41) is 15.9. The molecular weight excluding hydrogens is 470 g/mol. The Bertz CT molecular complexity index is 1390. The fraction of sp³-hybridized carbons (Fsp3) is 0.174. The number of methoxy groups -OCH3 is 1. The minimum atomic E-state index is -3.84. The average Bonchev–Trinajstić information content (AvgIpc) is 3.21. The summed E-state index contributed by atoms with van der Waals surface area (Å²) in [6.45, 7) is -1.32. The summed E-state index contributed by atoms with van der Waals surface area (Å²) in [5.74, 6) is -6.86. The van der Waals surface area contributed by atoms with Crippen molar-refractivity contribution in [2.45, 2.75) is 12.0 Å². The molecule has 2 aromatic carbocycles. The van der Waals surface area contributed by atoms with Gasteiger partial charge < -0.3 is 20.9 Å². The molecule has 35 heavy (non-hydrogen) atoms. The van der Waals surface area contributed by atoms with Gasteiger partial charge in [-0.3, -0.25) is 4.79 Å². The van der Waals surface area contributed by atoms with Gasteiger partial charge in [-0.2, -0.15) is 4.98 Å². The van der Waals surface area contributed by atoms with Crippen LogP contribution in [0, 0.1) is 11.6 Å². The van der Waals surface area contributed by atoms with Crippen molar-refractivity contribution in [3.05, 3.63) is 77.5 Å². The van der Waals surface area contributed by atoms with Crippen LogP contribution in [-0.2, 0) is 0 Å². The molecule has 0 bridgehead atoms. The molecule has 4 rings (SSSR count). The van der Waals surface area contributed by atoms with Crippen molar-refractivity contribution in [2.75, 3.05) is 19.4 Å². The summed E-state index contributed by atoms with van der Waals surface area (Å²) in [5.41, 5.74) is 5.36. The van der Waals surface area contributed by atoms with E-state index in [0.29, 0.717) is 11.2 Å². The van der Waals surface area contributed by atoms with Gasteiger partial charge >= 0.3 is 0 Å². The van der Waals surface area contributed by atoms with Gasteiger partial charge in [0.05, 0.1) is 13.7 Å². The van der Waals surface area contributed by atoms with Crippen molar-refractivity contribution in [3.8, 4) is 16.9 Å². The van der Waals surface area contributed by atoms with Crippen molar-refractivity contribution in [2.24, 2.45) is 0 Å². The Hall–Kier alpha value is -4.19. The maximum Gasteiger partial charge on any atom is 0.294 e. The first-order valence-electron chi connectivity index (χ1n) is 10.2. The molecule has 0 unspecified atom stereocenters. The van der Waals surface area contributed by atoms with E-state index in [-0.39, 0.29) is 22.8 Å². The molecule has 8 nitrogen and oxygen atoms in total. The Morgan fingerprint density at radius 2 is 1.91 bits per heavy atom. The number of aliphatic hydroxyl groups excluding tert-OH is 1. The zero-order valence-corrected chi connectivity index (χ0v) is 18.2. The van der Waals surface area contributed by atoms with E-state index in [2.05, 4.69) is 10.1 Å². The summed E-state index contributed by atoms with van der Waals surface area (Å²) in [6.07, 6.45) is -0.835. The van der Waals surface area contributed by atoms with Crippen LogP contribution < -0.4 is 15.8 Å². The molecule has 2 aromatic heterocycles. The Labute approximate surface area is 196 Å². The molecule has 0 aliphatic rings. The first kappa shape index (κ1) is 24.0. The van der Waals surface area contributed by atoms with Gasteiger partial charge in [0.25, 0.3) is 11.8 Å². The molecule has 0 radical (unpaired) electrons. The van der Waals surface area contributed by atoms with Crippen molar-refractivity contribution in [1.82, 2.24) is 19.9 Å². The molecule has 0 fully saturated rings. The smallest absolute Gasteiger partial charge is 0.294 e. The Morgan fingerprint density at radius 3 is 2.60 bits per heavy atom. The highest BCUT2D eigenvalue weighted by atomic mass is 19.3. The standard InChI is InChI=1S/C23H19F4N5O3/c1-35-16-7-6-15(13-8-9-32-17(10-13)30-22(28)31-32)19(25)18(16)21(34)29-11-23(26,27)20(33)12-2-4-14(24)5-3-12/h2-10,20,33H,11H2,1H3,(H2,28,31)(H,29,34)/t20-/m0/s1. The van der Waals surface area contributed by atoms with Crippen molar-refractivity contribution < 1.29 is 32.2 Å². The number of amides is 1. The van der Waals surface area contributed by atoms with Gasteiger partial charge in [-0.25, -0.2) is 22.1 Å². The number of rotatable bonds is 7. The number of pyridine rings is 1. The quantitative estimate of drug-likeness (QED) is 0.343. The van der Waals surface area contributed by atoms with Crippen molar-refractivity contribution in [1.29, 1.82) is 0 Å². The monoisotopic (exact) mass is 489 g/mol. The minimum absolute atomic E-state index is 0.0150. The predicted molar refractivity (Wildman–Crippen MR) is 118 cm³/mol. The van der Waals surface area contributed by atoms with Gasteiger partial charge in [0.2, 0.25) is 5.95 Å². The number of carbonyl (C=O) groups excluding carboxylic acids is 1. The van der Waals surface area contributed by atoms with Crippen molar-refractivity contribution >= 4 is 17.5 Å². The molecule has 4 aromatic rings. The lowest BCUT2D eigenvalue weighted by atomic mass is 10.0. The third-order valence-corrected chi connectivity index (χ3v) is 5.29. The van der Waals surface area contributed by atoms with E-state index in [1.165, 1.54) is 42.1 Å². The fourth-order valence-electron chi connectivity index (χ4n) is 3.50. The van der Waals surface area contributed by atoms with Gasteiger partial charge in [-0.15, -0.1) is 5.10 Å². The molecule has 0 saturated heterocycles. The van der Waals surface area contributed by atoms with Gasteiger partial charge in [0.1, 0.15) is 29.1 Å². The molecule has 12 heteroatoms. The molecule has 1 atom stereocenters. The SMILES string of the molecule is COc1ccc(-c2ccn3nc(N)nc3c2)c(F)c1C(=O)NCC(F)(F)[C@@H](O)c1ccc(F)cc1. The number of aromatic nitrogens is 3. The second-order valence-electron chi connectivity index (χ2n) is 7.59. The lowest BCUT2D eigenvalue weighted by Gasteiger charge is -2.23. The normalized spacial score (nSPS) is 12.5. The largest absolute Gasteiger partial charge is 0.496 e. The van der Waals surface area contributed by atoms with Gasteiger partial charge in [0, 0.05) is 11.8 Å². The topological polar surface area (TPSA) is 115 Å². The van der Waals surface area contributed by atoms with Gasteiger partial charge in [0.15, 0.2) is 5.65 Å². The van der Waals surface area contributed by atoms with Crippen LogP contribution in [-0.4, -0.2) is 45.2 Å². The Balaban J connectivity index is 1.60. The predicted octanol–water partition coefficient (Wildman–Crippen LogP) is 3.36. The summed E-state index contributed by atoms with van der Waals surface area (Å²) < 4.78 is 64.0. The maximum absolute atomic E-state index is 15.5. The lowest BCUT2D eigenvalue weighted by Crippen LogP contribution is -2.41. The number of ether oxygens (including phenoxy) is 1. The number of nitrogens with one attached hydrogen (secondary N) is 1. The number of alkyl halides is 2. The number of hydrogen-bond acceptors (Lipinski definition) is 6. The molecule has 0 spiro atoms. The number of nitrogens with two attached hydrogens (primary N) is 1. The van der Waals surface area contributed by atoms with E-state index < -0.39 is 41.7 Å². The van der Waals surface area contributed by atoms with Crippen molar-refractivity contribution in [3.63, 3.8) is 0 Å². The number of fused-ring (bicyclic) bond motifs is 1. The first-order valence-corrected chi connectivity index (χ1v) is 10.2. The fourth-order valence-corrected chi connectivity index (χ4v) is 3.50. The summed E-state index contributed by atoms with van der Waals surface area (Å²) in [6, 6.07) is 9.53. The van der Waals surface area contributed by atoms with Gasteiger partial charge in [-0.05, 0) is 47.5 Å². The molecule has 0 aliphatic heterocycles. The van der Waals surface area contributed by atoms with E-state index in [4.69, 9.17) is 10.5 Å². The zero-order valence-electron chi connectivity index (χ0n) is 18.2. The third kappa shape index (κ3) is 4.73. The number of hydrogen-bond donors (Lipinski definition) is 3. The summed E-state index contributed by atoms with van der Waals surface area (Å²) in [7, 11) is 1.20. The van der Waals surface area contributed by atoms with Crippen LogP contribution in [0.5, 0.6) is 5.75 Å². The molecule has 182 valence electrons. The molecule has 1 amide bonds. The van der Waals surface area contributed by atoms with Crippen LogP contribution in [0.15, 0.2) is 54.7 Å². The summed E-state index contributed by atoms with van der Waals surface area (Å²) in [4.78, 5) is 16.8.